The summed E-state index contributed by atoms with van der Waals surface area (Å²) in [5, 5.41) is 8.36. The minimum Gasteiger partial charge on any atom is -0.512 e. The van der Waals surface area contributed by atoms with E-state index in [0.29, 0.717) is 5.56 Å². The normalized spacial score (nSPS) is 10.4. The molecule has 5 heteroatoms. The summed E-state index contributed by atoms with van der Waals surface area (Å²) in [5.74, 6) is -0.0137. The van der Waals surface area contributed by atoms with Gasteiger partial charge in [0.25, 0.3) is 0 Å². The Hall–Kier alpha value is -3.62. The first-order chi connectivity index (χ1) is 16.3. The van der Waals surface area contributed by atoms with Crippen molar-refractivity contribution in [2.75, 3.05) is 0 Å². The van der Waals surface area contributed by atoms with Gasteiger partial charge in [0.05, 0.1) is 5.76 Å². The van der Waals surface area contributed by atoms with Crippen LogP contribution in [0.1, 0.15) is 35.3 Å². The van der Waals surface area contributed by atoms with Gasteiger partial charge in [-0.1, -0.05) is 60.7 Å². The SMILES string of the molecule is CC(=O)/C=C(/C)O.Cc1ccccc1C(=O)c1ccc(-c2ccc(-c3[c-]cccc3)nc2)cc1.[Pt]. The number of benzene rings is 3. The molecule has 0 fully saturated rings. The van der Waals surface area contributed by atoms with E-state index in [4.69, 9.17) is 5.11 Å². The van der Waals surface area contributed by atoms with Crippen LogP contribution in [0.4, 0.5) is 0 Å². The van der Waals surface area contributed by atoms with Gasteiger partial charge in [-0.25, -0.2) is 0 Å². The molecule has 0 aliphatic heterocycles. The van der Waals surface area contributed by atoms with Crippen LogP contribution in [0.15, 0.2) is 103 Å². The van der Waals surface area contributed by atoms with Gasteiger partial charge in [-0.2, -0.15) is 0 Å². The molecule has 180 valence electrons. The van der Waals surface area contributed by atoms with Gasteiger partial charge in [0.2, 0.25) is 0 Å². The van der Waals surface area contributed by atoms with Gasteiger partial charge < -0.3 is 10.1 Å². The first kappa shape index (κ1) is 27.6. The van der Waals surface area contributed by atoms with Crippen molar-refractivity contribution < 1.29 is 35.8 Å². The summed E-state index contributed by atoms with van der Waals surface area (Å²) in [6.45, 7) is 4.81. The van der Waals surface area contributed by atoms with E-state index in [-0.39, 0.29) is 38.4 Å². The second-order valence-corrected chi connectivity index (χ2v) is 7.83. The van der Waals surface area contributed by atoms with Crippen molar-refractivity contribution in [1.82, 2.24) is 4.98 Å². The number of aliphatic hydroxyl groups excluding tert-OH is 1. The molecular weight excluding hydrogens is 617 g/mol. The molecule has 0 atom stereocenters. The molecule has 0 radical (unpaired) electrons. The number of allylic oxidation sites excluding steroid dienone is 2. The van der Waals surface area contributed by atoms with Crippen LogP contribution >= 0.6 is 0 Å². The summed E-state index contributed by atoms with van der Waals surface area (Å²) < 4.78 is 0. The van der Waals surface area contributed by atoms with Gasteiger partial charge in [0.15, 0.2) is 11.6 Å². The standard InChI is InChI=1S/C25H18NO.C5H8O2.Pt/c1-18-7-5-6-10-23(18)25(27)21-13-11-19(12-14-21)22-15-16-24(26-17-22)20-8-3-2-4-9-20;1-4(6)3-5(2)7;/h2-8,10-17H,1H3;3,6H,1-2H3;/q-1;;/b;4-3-;. The zero-order valence-corrected chi connectivity index (χ0v) is 22.0. The Labute approximate surface area is 220 Å². The number of carbonyl (C=O) groups is 2. The van der Waals surface area contributed by atoms with Crippen LogP contribution in [0.25, 0.3) is 22.4 Å². The number of hydrogen-bond donors (Lipinski definition) is 1. The molecule has 0 saturated carbocycles. The Kier molecular flexibility index (Phi) is 10.5. The Balaban J connectivity index is 0.000000476. The number of nitrogens with zero attached hydrogens (tertiary/aromatic N) is 1. The number of aliphatic hydroxyl groups is 1. The average Bonchev–Trinajstić information content (AvgIpc) is 2.84. The summed E-state index contributed by atoms with van der Waals surface area (Å²) in [6, 6.07) is 30.4. The van der Waals surface area contributed by atoms with Crippen LogP contribution in [0.2, 0.25) is 0 Å². The minimum atomic E-state index is -0.125. The second-order valence-electron chi connectivity index (χ2n) is 7.83. The third-order valence-electron chi connectivity index (χ3n) is 5.03. The fourth-order valence-corrected chi connectivity index (χ4v) is 3.37. The Morgan fingerprint density at radius 2 is 1.51 bits per heavy atom. The van der Waals surface area contributed by atoms with Crippen molar-refractivity contribution in [3.63, 3.8) is 0 Å². The van der Waals surface area contributed by atoms with Gasteiger partial charge in [-0.05, 0) is 43.2 Å². The zero-order chi connectivity index (χ0) is 24.5. The molecular formula is C30H26NO3Pt-. The fourth-order valence-electron chi connectivity index (χ4n) is 3.37. The first-order valence-electron chi connectivity index (χ1n) is 10.9. The average molecular weight is 644 g/mol. The van der Waals surface area contributed by atoms with E-state index in [2.05, 4.69) is 11.1 Å². The molecule has 1 N–H and O–H groups in total. The largest absolute Gasteiger partial charge is 0.512 e. The second kappa shape index (κ2) is 13.3. The minimum absolute atomic E-state index is 0. The van der Waals surface area contributed by atoms with Crippen molar-refractivity contribution >= 4 is 11.6 Å². The monoisotopic (exact) mass is 643 g/mol. The van der Waals surface area contributed by atoms with Crippen molar-refractivity contribution in [3.8, 4) is 22.4 Å². The van der Waals surface area contributed by atoms with Gasteiger partial charge in [0.1, 0.15) is 0 Å². The maximum Gasteiger partial charge on any atom is 0.193 e. The number of aryl methyl sites for hydroxylation is 1. The van der Waals surface area contributed by atoms with Gasteiger partial charge in [-0.3, -0.25) is 9.59 Å². The van der Waals surface area contributed by atoms with E-state index in [9.17, 15) is 9.59 Å². The Morgan fingerprint density at radius 3 is 2.03 bits per heavy atom. The number of carbonyl (C=O) groups excluding carboxylic acids is 2. The van der Waals surface area contributed by atoms with Gasteiger partial charge in [-0.15, -0.1) is 35.9 Å². The van der Waals surface area contributed by atoms with Gasteiger partial charge >= 0.3 is 0 Å². The number of rotatable bonds is 5. The third-order valence-corrected chi connectivity index (χ3v) is 5.03. The molecule has 3 aromatic carbocycles. The number of hydrogen-bond acceptors (Lipinski definition) is 4. The molecule has 1 aromatic heterocycles. The molecule has 35 heavy (non-hydrogen) atoms. The molecule has 1 heterocycles. The van der Waals surface area contributed by atoms with E-state index < -0.39 is 0 Å². The Morgan fingerprint density at radius 1 is 0.857 bits per heavy atom. The van der Waals surface area contributed by atoms with Crippen LogP contribution < -0.4 is 0 Å². The summed E-state index contributed by atoms with van der Waals surface area (Å²) >= 11 is 0. The topological polar surface area (TPSA) is 67.3 Å². The molecule has 0 aliphatic rings. The van der Waals surface area contributed by atoms with Crippen molar-refractivity contribution in [1.29, 1.82) is 0 Å². The molecule has 0 amide bonds. The van der Waals surface area contributed by atoms with E-state index in [0.717, 1.165) is 33.5 Å². The predicted molar refractivity (Wildman–Crippen MR) is 136 cm³/mol. The number of pyridine rings is 1. The zero-order valence-electron chi connectivity index (χ0n) is 19.8. The van der Waals surface area contributed by atoms with Gasteiger partial charge in [0, 0.05) is 44.5 Å². The van der Waals surface area contributed by atoms with E-state index in [1.54, 1.807) is 0 Å². The number of aromatic nitrogens is 1. The van der Waals surface area contributed by atoms with Crippen molar-refractivity contribution in [2.45, 2.75) is 20.8 Å². The maximum absolute atomic E-state index is 12.7. The van der Waals surface area contributed by atoms with Crippen LogP contribution in [-0.4, -0.2) is 21.7 Å². The molecule has 4 aromatic rings. The summed E-state index contributed by atoms with van der Waals surface area (Å²) in [7, 11) is 0. The van der Waals surface area contributed by atoms with Crippen LogP contribution in [-0.2, 0) is 25.9 Å². The third kappa shape index (κ3) is 7.98. The molecule has 0 unspecified atom stereocenters. The van der Waals surface area contributed by atoms with Crippen molar-refractivity contribution in [3.05, 3.63) is 126 Å². The first-order valence-corrected chi connectivity index (χ1v) is 10.9. The quantitative estimate of drug-likeness (QED) is 0.113. The van der Waals surface area contributed by atoms with Crippen LogP contribution in [0.5, 0.6) is 0 Å². The summed E-state index contributed by atoms with van der Waals surface area (Å²) in [5.41, 5.74) is 6.35. The molecule has 0 spiro atoms. The molecule has 0 aliphatic carbocycles. The smallest absolute Gasteiger partial charge is 0.193 e. The van der Waals surface area contributed by atoms with Crippen LogP contribution in [0, 0.1) is 13.0 Å². The van der Waals surface area contributed by atoms with Crippen LogP contribution in [0.3, 0.4) is 0 Å². The number of ketones is 2. The maximum atomic E-state index is 12.7. The fraction of sp³-hybridized carbons (Fsp3) is 0.100. The van der Waals surface area contributed by atoms with E-state index in [1.807, 2.05) is 98.0 Å². The van der Waals surface area contributed by atoms with E-state index in [1.165, 1.54) is 19.9 Å². The Bertz CT molecular complexity index is 1290. The molecule has 0 saturated heterocycles. The molecule has 4 rings (SSSR count). The summed E-state index contributed by atoms with van der Waals surface area (Å²) in [6.07, 6.45) is 3.02. The van der Waals surface area contributed by atoms with E-state index >= 15 is 0 Å². The molecule has 0 bridgehead atoms. The predicted octanol–water partition coefficient (Wildman–Crippen LogP) is 6.79. The summed E-state index contributed by atoms with van der Waals surface area (Å²) in [4.78, 5) is 27.3. The molecule has 4 nitrogen and oxygen atoms in total. The van der Waals surface area contributed by atoms with Crippen molar-refractivity contribution in [2.24, 2.45) is 0 Å².